The molecule has 0 aromatic heterocycles. The predicted molar refractivity (Wildman–Crippen MR) is 103 cm³/mol. The number of rotatable bonds is 7. The van der Waals surface area contributed by atoms with Crippen LogP contribution in [0.4, 0.5) is 0 Å². The number of nitrogens with one attached hydrogen (secondary N) is 2. The normalized spacial score (nSPS) is 21.9. The van der Waals surface area contributed by atoms with E-state index < -0.39 is 0 Å². The third-order valence-corrected chi connectivity index (χ3v) is 5.69. The van der Waals surface area contributed by atoms with E-state index in [-0.39, 0.29) is 30.3 Å². The SMILES string of the molecule is CCCC(=O)N1CSCC1C(=O)NCCNC1CCCCCC1.Cl. The second-order valence-electron chi connectivity index (χ2n) is 6.56. The molecular formula is C17H32ClN3O2S. The molecule has 1 aliphatic carbocycles. The maximum atomic E-state index is 12.3. The molecule has 7 heteroatoms. The summed E-state index contributed by atoms with van der Waals surface area (Å²) in [5.74, 6) is 1.48. The van der Waals surface area contributed by atoms with Crippen molar-refractivity contribution in [3.05, 3.63) is 0 Å². The van der Waals surface area contributed by atoms with Crippen LogP contribution in [-0.4, -0.2) is 53.5 Å². The molecule has 1 atom stereocenters. The van der Waals surface area contributed by atoms with Gasteiger partial charge in [-0.1, -0.05) is 32.6 Å². The maximum absolute atomic E-state index is 12.3. The Bertz CT molecular complexity index is 390. The molecule has 2 N–H and O–H groups in total. The molecule has 2 rings (SSSR count). The zero-order valence-electron chi connectivity index (χ0n) is 14.7. The van der Waals surface area contributed by atoms with Gasteiger partial charge in [0.25, 0.3) is 0 Å². The van der Waals surface area contributed by atoms with Gasteiger partial charge in [0, 0.05) is 31.3 Å². The van der Waals surface area contributed by atoms with Crippen LogP contribution in [-0.2, 0) is 9.59 Å². The summed E-state index contributed by atoms with van der Waals surface area (Å²) in [4.78, 5) is 26.1. The molecule has 1 aliphatic heterocycles. The Morgan fingerprint density at radius 1 is 1.12 bits per heavy atom. The highest BCUT2D eigenvalue weighted by molar-refractivity contribution is 7.99. The van der Waals surface area contributed by atoms with Crippen LogP contribution in [0.3, 0.4) is 0 Å². The van der Waals surface area contributed by atoms with Crippen molar-refractivity contribution < 1.29 is 9.59 Å². The average Bonchev–Trinajstić information content (AvgIpc) is 2.90. The molecule has 0 bridgehead atoms. The number of nitrogens with zero attached hydrogens (tertiary/aromatic N) is 1. The van der Waals surface area contributed by atoms with Crippen molar-refractivity contribution in [2.24, 2.45) is 0 Å². The van der Waals surface area contributed by atoms with Gasteiger partial charge in [-0.05, 0) is 19.3 Å². The summed E-state index contributed by atoms with van der Waals surface area (Å²) in [5, 5.41) is 6.56. The van der Waals surface area contributed by atoms with Gasteiger partial charge in [-0.3, -0.25) is 9.59 Å². The van der Waals surface area contributed by atoms with Crippen LogP contribution in [0.2, 0.25) is 0 Å². The van der Waals surface area contributed by atoms with Gasteiger partial charge < -0.3 is 15.5 Å². The monoisotopic (exact) mass is 377 g/mol. The first-order chi connectivity index (χ1) is 11.2. The summed E-state index contributed by atoms with van der Waals surface area (Å²) in [5.41, 5.74) is 0. The minimum Gasteiger partial charge on any atom is -0.353 e. The van der Waals surface area contributed by atoms with Gasteiger partial charge in [0.05, 0.1) is 5.88 Å². The molecule has 0 radical (unpaired) electrons. The van der Waals surface area contributed by atoms with Crippen LogP contribution in [0.5, 0.6) is 0 Å². The lowest BCUT2D eigenvalue weighted by Gasteiger charge is -2.23. The minimum atomic E-state index is -0.281. The van der Waals surface area contributed by atoms with Crippen molar-refractivity contribution >= 4 is 36.0 Å². The van der Waals surface area contributed by atoms with E-state index in [9.17, 15) is 9.59 Å². The molecule has 0 aromatic carbocycles. The van der Waals surface area contributed by atoms with Crippen LogP contribution in [0.1, 0.15) is 58.3 Å². The summed E-state index contributed by atoms with van der Waals surface area (Å²) in [6.07, 6.45) is 9.23. The van der Waals surface area contributed by atoms with E-state index in [1.54, 1.807) is 16.7 Å². The number of carbonyl (C=O) groups excluding carboxylic acids is 2. The molecule has 1 saturated heterocycles. The summed E-state index contributed by atoms with van der Waals surface area (Å²) in [6, 6.07) is 0.330. The Balaban J connectivity index is 0.00000288. The van der Waals surface area contributed by atoms with Crippen molar-refractivity contribution in [3.63, 3.8) is 0 Å². The summed E-state index contributed by atoms with van der Waals surface area (Å²) in [7, 11) is 0. The number of hydrogen-bond donors (Lipinski definition) is 2. The Morgan fingerprint density at radius 3 is 2.50 bits per heavy atom. The number of hydrogen-bond acceptors (Lipinski definition) is 4. The van der Waals surface area contributed by atoms with Gasteiger partial charge in [-0.25, -0.2) is 0 Å². The Labute approximate surface area is 156 Å². The molecular weight excluding hydrogens is 346 g/mol. The first-order valence-electron chi connectivity index (χ1n) is 9.10. The van der Waals surface area contributed by atoms with E-state index in [2.05, 4.69) is 10.6 Å². The molecule has 1 saturated carbocycles. The van der Waals surface area contributed by atoms with Gasteiger partial charge in [0.2, 0.25) is 11.8 Å². The van der Waals surface area contributed by atoms with Crippen molar-refractivity contribution in [2.45, 2.75) is 70.4 Å². The first-order valence-corrected chi connectivity index (χ1v) is 10.3. The third kappa shape index (κ3) is 6.81. The van der Waals surface area contributed by atoms with Gasteiger partial charge >= 0.3 is 0 Å². The Kier molecular flexibility index (Phi) is 10.8. The average molecular weight is 378 g/mol. The van der Waals surface area contributed by atoms with Gasteiger partial charge in [-0.15, -0.1) is 24.2 Å². The number of halogens is 1. The lowest BCUT2D eigenvalue weighted by molar-refractivity contribution is -0.138. The largest absolute Gasteiger partial charge is 0.353 e. The molecule has 5 nitrogen and oxygen atoms in total. The fourth-order valence-electron chi connectivity index (χ4n) is 3.33. The lowest BCUT2D eigenvalue weighted by atomic mass is 10.1. The molecule has 0 spiro atoms. The fraction of sp³-hybridized carbons (Fsp3) is 0.882. The molecule has 24 heavy (non-hydrogen) atoms. The third-order valence-electron chi connectivity index (χ3n) is 4.68. The highest BCUT2D eigenvalue weighted by Gasteiger charge is 2.33. The fourth-order valence-corrected chi connectivity index (χ4v) is 4.51. The predicted octanol–water partition coefficient (Wildman–Crippen LogP) is 2.54. The van der Waals surface area contributed by atoms with Crippen LogP contribution >= 0.6 is 24.2 Å². The highest BCUT2D eigenvalue weighted by Crippen LogP contribution is 2.22. The van der Waals surface area contributed by atoms with Crippen LogP contribution < -0.4 is 10.6 Å². The number of carbonyl (C=O) groups is 2. The van der Waals surface area contributed by atoms with Crippen LogP contribution in [0.15, 0.2) is 0 Å². The maximum Gasteiger partial charge on any atom is 0.243 e. The molecule has 2 fully saturated rings. The summed E-state index contributed by atoms with van der Waals surface area (Å²) >= 11 is 1.67. The molecule has 140 valence electrons. The smallest absolute Gasteiger partial charge is 0.243 e. The van der Waals surface area contributed by atoms with Crippen molar-refractivity contribution in [1.82, 2.24) is 15.5 Å². The van der Waals surface area contributed by atoms with E-state index in [1.165, 1.54) is 38.5 Å². The van der Waals surface area contributed by atoms with Crippen LogP contribution in [0, 0.1) is 0 Å². The second kappa shape index (κ2) is 12.0. The summed E-state index contributed by atoms with van der Waals surface area (Å²) < 4.78 is 0. The van der Waals surface area contributed by atoms with E-state index in [0.29, 0.717) is 24.9 Å². The van der Waals surface area contributed by atoms with Gasteiger partial charge in [-0.2, -0.15) is 0 Å². The molecule has 0 aromatic rings. The standard InChI is InChI=1S/C17H31N3O2S.ClH/c1-2-7-16(21)20-13-23-12-15(20)17(22)19-11-10-18-14-8-5-3-4-6-9-14;/h14-15,18H,2-13H2,1H3,(H,19,22);1H. The quantitative estimate of drug-likeness (QED) is 0.528. The van der Waals surface area contributed by atoms with Gasteiger partial charge in [0.15, 0.2) is 0 Å². The van der Waals surface area contributed by atoms with Crippen LogP contribution in [0.25, 0.3) is 0 Å². The zero-order chi connectivity index (χ0) is 16.5. The minimum absolute atomic E-state index is 0. The van der Waals surface area contributed by atoms with E-state index in [1.807, 2.05) is 6.92 Å². The first kappa shape index (κ1) is 21.6. The topological polar surface area (TPSA) is 61.4 Å². The van der Waals surface area contributed by atoms with Gasteiger partial charge in [0.1, 0.15) is 6.04 Å². The molecule has 1 unspecified atom stereocenters. The zero-order valence-corrected chi connectivity index (χ0v) is 16.4. The second-order valence-corrected chi connectivity index (χ2v) is 7.56. The van der Waals surface area contributed by atoms with Crippen molar-refractivity contribution in [2.75, 3.05) is 24.7 Å². The lowest BCUT2D eigenvalue weighted by Crippen LogP contribution is -2.48. The number of thioether (sulfide) groups is 1. The Morgan fingerprint density at radius 2 is 1.83 bits per heavy atom. The summed E-state index contributed by atoms with van der Waals surface area (Å²) in [6.45, 7) is 3.46. The van der Waals surface area contributed by atoms with Crippen molar-refractivity contribution in [3.8, 4) is 0 Å². The van der Waals surface area contributed by atoms with E-state index in [4.69, 9.17) is 0 Å². The molecule has 1 heterocycles. The van der Waals surface area contributed by atoms with Crippen molar-refractivity contribution in [1.29, 1.82) is 0 Å². The molecule has 2 aliphatic rings. The van der Waals surface area contributed by atoms with E-state index in [0.717, 1.165) is 18.7 Å². The number of amides is 2. The van der Waals surface area contributed by atoms with E-state index >= 15 is 0 Å². The highest BCUT2D eigenvalue weighted by atomic mass is 35.5. The molecule has 2 amide bonds. The Hall–Kier alpha value is -0.460.